The molecule has 8 nitrogen and oxygen atoms in total. The van der Waals surface area contributed by atoms with Gasteiger partial charge in [0.05, 0.1) is 26.3 Å². The largest absolute Gasteiger partial charge is 0.384 e. The second-order valence-electron chi connectivity index (χ2n) is 4.84. The van der Waals surface area contributed by atoms with Crippen molar-refractivity contribution in [3.8, 4) is 0 Å². The number of nitrogens with one attached hydrogen (secondary N) is 1. The Morgan fingerprint density at radius 2 is 2.30 bits per heavy atom. The molecule has 4 N–H and O–H groups in total. The minimum absolute atomic E-state index is 0.00159. The fourth-order valence-electron chi connectivity index (χ4n) is 1.96. The third-order valence-electron chi connectivity index (χ3n) is 2.96. The van der Waals surface area contributed by atoms with Crippen LogP contribution in [0.25, 0.3) is 0 Å². The zero-order valence-electron chi connectivity index (χ0n) is 11.8. The second-order valence-corrected chi connectivity index (χ2v) is 4.84. The monoisotopic (exact) mass is 289 g/mol. The summed E-state index contributed by atoms with van der Waals surface area (Å²) in [7, 11) is 1.41. The predicted molar refractivity (Wildman–Crippen MR) is 70.9 cm³/mol. The van der Waals surface area contributed by atoms with Crippen molar-refractivity contribution in [2.24, 2.45) is 5.73 Å². The van der Waals surface area contributed by atoms with Crippen molar-refractivity contribution >= 4 is 11.8 Å². The van der Waals surface area contributed by atoms with E-state index in [4.69, 9.17) is 10.5 Å². The summed E-state index contributed by atoms with van der Waals surface area (Å²) in [6, 6.07) is 0. The number of β-amino-alcohol motifs (C(OH)–C–C–N with tert-alkyl or cyclic N) is 1. The van der Waals surface area contributed by atoms with Gasteiger partial charge >= 0.3 is 0 Å². The molecule has 20 heavy (non-hydrogen) atoms. The van der Waals surface area contributed by atoms with Crippen LogP contribution in [0.4, 0.5) is 0 Å². The van der Waals surface area contributed by atoms with Crippen molar-refractivity contribution in [3.63, 3.8) is 0 Å². The van der Waals surface area contributed by atoms with Gasteiger partial charge in [-0.05, 0) is 0 Å². The Kier molecular flexibility index (Phi) is 6.86. The SMILES string of the molecule is COCC(=O)NC[C@@]1(O)COCCN(C(=O)CCN)C1. The van der Waals surface area contributed by atoms with Gasteiger partial charge in [-0.25, -0.2) is 0 Å². The highest BCUT2D eigenvalue weighted by atomic mass is 16.5. The minimum atomic E-state index is -1.30. The highest BCUT2D eigenvalue weighted by molar-refractivity contribution is 5.77. The Bertz CT molecular complexity index is 339. The summed E-state index contributed by atoms with van der Waals surface area (Å²) < 4.78 is 9.99. The molecule has 116 valence electrons. The van der Waals surface area contributed by atoms with Gasteiger partial charge in [0, 0.05) is 26.6 Å². The Labute approximate surface area is 118 Å². The van der Waals surface area contributed by atoms with Crippen LogP contribution in [-0.2, 0) is 19.1 Å². The number of ether oxygens (including phenoxy) is 2. The van der Waals surface area contributed by atoms with Crippen molar-refractivity contribution in [2.45, 2.75) is 12.0 Å². The lowest BCUT2D eigenvalue weighted by Crippen LogP contribution is -2.53. The number of nitrogens with zero attached hydrogens (tertiary/aromatic N) is 1. The molecule has 0 aliphatic carbocycles. The number of nitrogens with two attached hydrogens (primary N) is 1. The molecule has 1 saturated heterocycles. The van der Waals surface area contributed by atoms with Crippen LogP contribution in [0.15, 0.2) is 0 Å². The van der Waals surface area contributed by atoms with E-state index in [2.05, 4.69) is 10.1 Å². The van der Waals surface area contributed by atoms with Crippen molar-refractivity contribution in [3.05, 3.63) is 0 Å². The molecular formula is C12H23N3O5. The molecule has 0 aromatic rings. The molecule has 1 aliphatic heterocycles. The molecule has 0 aromatic carbocycles. The van der Waals surface area contributed by atoms with Crippen LogP contribution < -0.4 is 11.1 Å². The van der Waals surface area contributed by atoms with Gasteiger partial charge in [-0.1, -0.05) is 0 Å². The van der Waals surface area contributed by atoms with Crippen LogP contribution in [-0.4, -0.2) is 80.5 Å². The number of hydrogen-bond acceptors (Lipinski definition) is 6. The maximum atomic E-state index is 11.9. The Balaban J connectivity index is 2.57. The van der Waals surface area contributed by atoms with E-state index in [-0.39, 0.29) is 51.1 Å². The van der Waals surface area contributed by atoms with Crippen LogP contribution >= 0.6 is 0 Å². The molecular weight excluding hydrogens is 266 g/mol. The third kappa shape index (κ3) is 5.41. The molecule has 1 fully saturated rings. The molecule has 0 aromatic heterocycles. The normalized spacial score (nSPS) is 23.2. The molecule has 1 heterocycles. The molecule has 1 aliphatic rings. The first kappa shape index (κ1) is 16.8. The van der Waals surface area contributed by atoms with E-state index in [1.54, 1.807) is 0 Å². The average Bonchev–Trinajstić information content (AvgIpc) is 2.60. The number of rotatable bonds is 6. The van der Waals surface area contributed by atoms with Gasteiger partial charge in [0.15, 0.2) is 0 Å². The lowest BCUT2D eigenvalue weighted by atomic mass is 10.0. The quantitative estimate of drug-likeness (QED) is 0.506. The standard InChI is InChI=1S/C12H23N3O5/c1-19-6-10(16)14-7-12(18)8-15(4-5-20-9-12)11(17)2-3-13/h18H,2-9,13H2,1H3,(H,14,16)/t12-/m0/s1. The Morgan fingerprint density at radius 1 is 1.55 bits per heavy atom. The number of carbonyl (C=O) groups is 2. The van der Waals surface area contributed by atoms with E-state index in [0.717, 1.165) is 0 Å². The molecule has 0 spiro atoms. The molecule has 0 bridgehead atoms. The summed E-state index contributed by atoms with van der Waals surface area (Å²) in [5.41, 5.74) is 4.06. The topological polar surface area (TPSA) is 114 Å². The molecule has 2 amide bonds. The predicted octanol–water partition coefficient (Wildman–Crippen LogP) is -2.31. The lowest BCUT2D eigenvalue weighted by molar-refractivity contribution is -0.134. The molecule has 0 unspecified atom stereocenters. The van der Waals surface area contributed by atoms with Gasteiger partial charge < -0.3 is 30.5 Å². The van der Waals surface area contributed by atoms with E-state index in [1.807, 2.05) is 0 Å². The van der Waals surface area contributed by atoms with Crippen LogP contribution in [0, 0.1) is 0 Å². The second kappa shape index (κ2) is 8.15. The van der Waals surface area contributed by atoms with Crippen LogP contribution in [0.1, 0.15) is 6.42 Å². The Hall–Kier alpha value is -1.22. The maximum absolute atomic E-state index is 11.9. The molecule has 0 saturated carbocycles. The first-order valence-corrected chi connectivity index (χ1v) is 6.54. The van der Waals surface area contributed by atoms with Gasteiger partial charge in [0.25, 0.3) is 0 Å². The first-order chi connectivity index (χ1) is 9.50. The van der Waals surface area contributed by atoms with Gasteiger partial charge in [0.2, 0.25) is 11.8 Å². The van der Waals surface area contributed by atoms with Crippen LogP contribution in [0.3, 0.4) is 0 Å². The fourth-order valence-corrected chi connectivity index (χ4v) is 1.96. The summed E-state index contributed by atoms with van der Waals surface area (Å²) in [6.45, 7) is 1.12. The number of hydrogen-bond donors (Lipinski definition) is 3. The minimum Gasteiger partial charge on any atom is -0.384 e. The smallest absolute Gasteiger partial charge is 0.246 e. The van der Waals surface area contributed by atoms with E-state index in [0.29, 0.717) is 13.2 Å². The van der Waals surface area contributed by atoms with Crippen molar-refractivity contribution in [1.29, 1.82) is 0 Å². The van der Waals surface area contributed by atoms with Crippen molar-refractivity contribution in [2.75, 3.05) is 53.1 Å². The van der Waals surface area contributed by atoms with Crippen LogP contribution in [0.2, 0.25) is 0 Å². The number of carbonyl (C=O) groups excluding carboxylic acids is 2. The molecule has 0 radical (unpaired) electrons. The van der Waals surface area contributed by atoms with Gasteiger partial charge in [-0.15, -0.1) is 0 Å². The van der Waals surface area contributed by atoms with E-state index in [9.17, 15) is 14.7 Å². The highest BCUT2D eigenvalue weighted by Crippen LogP contribution is 2.12. The van der Waals surface area contributed by atoms with Crippen molar-refractivity contribution in [1.82, 2.24) is 10.2 Å². The number of methoxy groups -OCH3 is 1. The Morgan fingerprint density at radius 3 is 2.95 bits per heavy atom. The molecule has 8 heteroatoms. The van der Waals surface area contributed by atoms with E-state index < -0.39 is 5.60 Å². The summed E-state index contributed by atoms with van der Waals surface area (Å²) in [5.74, 6) is -0.454. The highest BCUT2D eigenvalue weighted by Gasteiger charge is 2.34. The van der Waals surface area contributed by atoms with Gasteiger partial charge in [-0.2, -0.15) is 0 Å². The van der Waals surface area contributed by atoms with Gasteiger partial charge in [0.1, 0.15) is 12.2 Å². The first-order valence-electron chi connectivity index (χ1n) is 6.54. The maximum Gasteiger partial charge on any atom is 0.246 e. The number of aliphatic hydroxyl groups is 1. The lowest BCUT2D eigenvalue weighted by Gasteiger charge is -2.30. The van der Waals surface area contributed by atoms with E-state index in [1.165, 1.54) is 12.0 Å². The molecule has 1 rings (SSSR count). The zero-order chi connectivity index (χ0) is 15.0. The summed E-state index contributed by atoms with van der Waals surface area (Å²) >= 11 is 0. The zero-order valence-corrected chi connectivity index (χ0v) is 11.8. The molecule has 1 atom stereocenters. The average molecular weight is 289 g/mol. The summed E-state index contributed by atoms with van der Waals surface area (Å²) in [6.07, 6.45) is 0.228. The third-order valence-corrected chi connectivity index (χ3v) is 2.96. The van der Waals surface area contributed by atoms with Crippen molar-refractivity contribution < 1.29 is 24.2 Å². The van der Waals surface area contributed by atoms with Crippen LogP contribution in [0.5, 0.6) is 0 Å². The summed E-state index contributed by atoms with van der Waals surface area (Å²) in [5, 5.41) is 13.0. The summed E-state index contributed by atoms with van der Waals surface area (Å²) in [4.78, 5) is 24.7. The van der Waals surface area contributed by atoms with E-state index >= 15 is 0 Å². The fraction of sp³-hybridized carbons (Fsp3) is 0.833. The number of amides is 2. The van der Waals surface area contributed by atoms with Gasteiger partial charge in [-0.3, -0.25) is 9.59 Å².